The quantitative estimate of drug-likeness (QED) is 0.778. The van der Waals surface area contributed by atoms with Gasteiger partial charge in [0, 0.05) is 19.7 Å². The van der Waals surface area contributed by atoms with E-state index in [0.29, 0.717) is 17.9 Å². The first kappa shape index (κ1) is 13.5. The molecule has 1 aromatic rings. The van der Waals surface area contributed by atoms with Crippen molar-refractivity contribution in [1.29, 1.82) is 5.26 Å². The van der Waals surface area contributed by atoms with Crippen LogP contribution in [-0.4, -0.2) is 25.4 Å². The molecule has 0 fully saturated rings. The fraction of sp³-hybridized carbons (Fsp3) is 0.462. The van der Waals surface area contributed by atoms with Gasteiger partial charge in [0.1, 0.15) is 11.8 Å². The van der Waals surface area contributed by atoms with Crippen LogP contribution in [0.4, 0.5) is 0 Å². The number of hydrogen-bond acceptors (Lipinski definition) is 4. The molecule has 0 radical (unpaired) electrons. The van der Waals surface area contributed by atoms with Crippen LogP contribution in [0.5, 0.6) is 5.75 Å². The number of benzene rings is 1. The lowest BCUT2D eigenvalue weighted by atomic mass is 10.1. The van der Waals surface area contributed by atoms with Gasteiger partial charge in [0.15, 0.2) is 0 Å². The van der Waals surface area contributed by atoms with Gasteiger partial charge in [-0.2, -0.15) is 5.26 Å². The van der Waals surface area contributed by atoms with Gasteiger partial charge in [-0.15, -0.1) is 0 Å². The van der Waals surface area contributed by atoms with Crippen LogP contribution in [0.1, 0.15) is 18.1 Å². The highest BCUT2D eigenvalue weighted by Crippen LogP contribution is 2.18. The van der Waals surface area contributed by atoms with E-state index in [4.69, 9.17) is 15.1 Å². The predicted octanol–water partition coefficient (Wildman–Crippen LogP) is 1.28. The summed E-state index contributed by atoms with van der Waals surface area (Å²) in [6.45, 7) is 3.59. The van der Waals surface area contributed by atoms with E-state index in [1.807, 2.05) is 19.1 Å². The van der Waals surface area contributed by atoms with Gasteiger partial charge in [0.25, 0.3) is 0 Å². The Bertz CT molecular complexity index is 399. The minimum atomic E-state index is 0.180. The molecular formula is C13H18N2O2. The summed E-state index contributed by atoms with van der Waals surface area (Å²) in [5.74, 6) is 0.837. The number of rotatable bonds is 6. The van der Waals surface area contributed by atoms with Crippen LogP contribution in [0.3, 0.4) is 0 Å². The van der Waals surface area contributed by atoms with E-state index in [1.165, 1.54) is 0 Å². The summed E-state index contributed by atoms with van der Waals surface area (Å²) in [6.07, 6.45) is 0. The number of nitrogens with one attached hydrogen (secondary N) is 1. The van der Waals surface area contributed by atoms with Crippen molar-refractivity contribution in [1.82, 2.24) is 5.32 Å². The van der Waals surface area contributed by atoms with E-state index in [-0.39, 0.29) is 12.5 Å². The highest BCUT2D eigenvalue weighted by atomic mass is 16.5. The molecular weight excluding hydrogens is 216 g/mol. The molecule has 0 aromatic heterocycles. The van der Waals surface area contributed by atoms with Gasteiger partial charge in [-0.25, -0.2) is 0 Å². The Labute approximate surface area is 102 Å². The smallest absolute Gasteiger partial charge is 0.136 e. The van der Waals surface area contributed by atoms with Gasteiger partial charge in [-0.3, -0.25) is 0 Å². The Hall–Kier alpha value is -1.57. The summed E-state index contributed by atoms with van der Waals surface area (Å²) in [4.78, 5) is 0. The van der Waals surface area contributed by atoms with Gasteiger partial charge >= 0.3 is 0 Å². The van der Waals surface area contributed by atoms with Crippen LogP contribution < -0.4 is 10.1 Å². The Balaban J connectivity index is 2.58. The van der Waals surface area contributed by atoms with Crippen LogP contribution in [-0.2, 0) is 6.54 Å². The molecule has 0 aliphatic heterocycles. The molecule has 1 atom stereocenters. The van der Waals surface area contributed by atoms with Crippen LogP contribution in [0.15, 0.2) is 18.2 Å². The van der Waals surface area contributed by atoms with Crippen molar-refractivity contribution in [2.45, 2.75) is 13.5 Å². The zero-order valence-corrected chi connectivity index (χ0v) is 10.2. The SMILES string of the molecule is COc1ccc(CNCC(C)CO)cc1C#N. The maximum atomic E-state index is 8.94. The molecule has 92 valence electrons. The molecule has 0 aliphatic carbocycles. The predicted molar refractivity (Wildman–Crippen MR) is 65.7 cm³/mol. The first-order valence-corrected chi connectivity index (χ1v) is 5.59. The third kappa shape index (κ3) is 4.06. The molecule has 0 amide bonds. The summed E-state index contributed by atoms with van der Waals surface area (Å²) >= 11 is 0. The molecule has 17 heavy (non-hydrogen) atoms. The monoisotopic (exact) mass is 234 g/mol. The first-order chi connectivity index (χ1) is 8.21. The van der Waals surface area contributed by atoms with E-state index in [9.17, 15) is 0 Å². The molecule has 0 bridgehead atoms. The van der Waals surface area contributed by atoms with Gasteiger partial charge in [-0.05, 0) is 23.6 Å². The summed E-state index contributed by atoms with van der Waals surface area (Å²) in [5.41, 5.74) is 1.58. The first-order valence-electron chi connectivity index (χ1n) is 5.59. The summed E-state index contributed by atoms with van der Waals surface area (Å²) < 4.78 is 5.08. The molecule has 4 nitrogen and oxygen atoms in total. The number of aliphatic hydroxyl groups is 1. The molecule has 1 unspecified atom stereocenters. The summed E-state index contributed by atoms with van der Waals surface area (Å²) in [6, 6.07) is 7.64. The van der Waals surface area contributed by atoms with E-state index in [0.717, 1.165) is 12.1 Å². The van der Waals surface area contributed by atoms with Crippen LogP contribution in [0, 0.1) is 17.2 Å². The summed E-state index contributed by atoms with van der Waals surface area (Å²) in [5, 5.41) is 21.1. The molecule has 4 heteroatoms. The zero-order chi connectivity index (χ0) is 12.7. The normalized spacial score (nSPS) is 11.9. The molecule has 0 saturated heterocycles. The number of nitrogens with zero attached hydrogens (tertiary/aromatic N) is 1. The van der Waals surface area contributed by atoms with Crippen molar-refractivity contribution >= 4 is 0 Å². The molecule has 0 saturated carbocycles. The standard InChI is InChI=1S/C13H18N2O2/c1-10(9-16)7-15-8-11-3-4-13(17-2)12(5-11)6-14/h3-5,10,15-16H,7-9H2,1-2H3. The molecule has 1 rings (SSSR count). The minimum Gasteiger partial charge on any atom is -0.495 e. The largest absolute Gasteiger partial charge is 0.495 e. The van der Waals surface area contributed by atoms with Crippen molar-refractivity contribution in [3.63, 3.8) is 0 Å². The average molecular weight is 234 g/mol. The lowest BCUT2D eigenvalue weighted by molar-refractivity contribution is 0.233. The number of methoxy groups -OCH3 is 1. The molecule has 1 aromatic carbocycles. The van der Waals surface area contributed by atoms with Gasteiger partial charge in [0.2, 0.25) is 0 Å². The van der Waals surface area contributed by atoms with Crippen molar-refractivity contribution in [2.75, 3.05) is 20.3 Å². The molecule has 2 N–H and O–H groups in total. The summed E-state index contributed by atoms with van der Waals surface area (Å²) in [7, 11) is 1.55. The second kappa shape index (κ2) is 6.89. The van der Waals surface area contributed by atoms with E-state index in [2.05, 4.69) is 11.4 Å². The number of nitriles is 1. The minimum absolute atomic E-state index is 0.180. The molecule has 0 heterocycles. The van der Waals surface area contributed by atoms with Gasteiger partial charge in [-0.1, -0.05) is 13.0 Å². The van der Waals surface area contributed by atoms with Crippen LogP contribution in [0.2, 0.25) is 0 Å². The van der Waals surface area contributed by atoms with Gasteiger partial charge in [0.05, 0.1) is 12.7 Å². The maximum absolute atomic E-state index is 8.94. The number of aliphatic hydroxyl groups excluding tert-OH is 1. The maximum Gasteiger partial charge on any atom is 0.136 e. The van der Waals surface area contributed by atoms with E-state index >= 15 is 0 Å². The van der Waals surface area contributed by atoms with Crippen molar-refractivity contribution in [3.8, 4) is 11.8 Å². The topological polar surface area (TPSA) is 65.3 Å². The van der Waals surface area contributed by atoms with Gasteiger partial charge < -0.3 is 15.2 Å². The molecule has 0 aliphatic rings. The lowest BCUT2D eigenvalue weighted by Crippen LogP contribution is -2.22. The van der Waals surface area contributed by atoms with Crippen LogP contribution >= 0.6 is 0 Å². The average Bonchev–Trinajstić information content (AvgIpc) is 2.38. The second-order valence-corrected chi connectivity index (χ2v) is 4.07. The Morgan fingerprint density at radius 3 is 2.88 bits per heavy atom. The third-order valence-corrected chi connectivity index (χ3v) is 2.52. The Morgan fingerprint density at radius 2 is 2.29 bits per heavy atom. The lowest BCUT2D eigenvalue weighted by Gasteiger charge is -2.10. The number of hydrogen-bond donors (Lipinski definition) is 2. The fourth-order valence-electron chi connectivity index (χ4n) is 1.48. The fourth-order valence-corrected chi connectivity index (χ4v) is 1.48. The highest BCUT2D eigenvalue weighted by Gasteiger charge is 2.04. The van der Waals surface area contributed by atoms with Crippen molar-refractivity contribution in [3.05, 3.63) is 29.3 Å². The van der Waals surface area contributed by atoms with Crippen molar-refractivity contribution < 1.29 is 9.84 Å². The van der Waals surface area contributed by atoms with E-state index in [1.54, 1.807) is 13.2 Å². The Morgan fingerprint density at radius 1 is 1.53 bits per heavy atom. The second-order valence-electron chi connectivity index (χ2n) is 4.07. The third-order valence-electron chi connectivity index (χ3n) is 2.52. The Kier molecular flexibility index (Phi) is 5.47. The van der Waals surface area contributed by atoms with Crippen LogP contribution in [0.25, 0.3) is 0 Å². The zero-order valence-electron chi connectivity index (χ0n) is 10.2. The van der Waals surface area contributed by atoms with Crippen molar-refractivity contribution in [2.24, 2.45) is 5.92 Å². The highest BCUT2D eigenvalue weighted by molar-refractivity contribution is 5.45. The molecule has 0 spiro atoms. The van der Waals surface area contributed by atoms with E-state index < -0.39 is 0 Å². The number of ether oxygens (including phenoxy) is 1.